The van der Waals surface area contributed by atoms with Crippen LogP contribution in [0.3, 0.4) is 0 Å². The Morgan fingerprint density at radius 1 is 1.21 bits per heavy atom. The number of nitrogens with zero attached hydrogens (tertiary/aromatic N) is 3. The highest BCUT2D eigenvalue weighted by atomic mass is 35.5. The third-order valence-electron chi connectivity index (χ3n) is 3.68. The van der Waals surface area contributed by atoms with Gasteiger partial charge >= 0.3 is 0 Å². The number of benzene rings is 1. The summed E-state index contributed by atoms with van der Waals surface area (Å²) in [5.74, 6) is 0. The molecule has 0 bridgehead atoms. The average Bonchev–Trinajstić information content (AvgIpc) is 3.07. The van der Waals surface area contributed by atoms with Crippen LogP contribution in [-0.4, -0.2) is 9.78 Å². The molecule has 1 saturated carbocycles. The van der Waals surface area contributed by atoms with Gasteiger partial charge in [-0.3, -0.25) is 0 Å². The molecule has 2 aromatic rings. The highest BCUT2D eigenvalue weighted by Crippen LogP contribution is 2.36. The van der Waals surface area contributed by atoms with Gasteiger partial charge in [-0.1, -0.05) is 54.8 Å². The minimum absolute atomic E-state index is 0.345. The Bertz CT molecular complexity index is 619. The van der Waals surface area contributed by atoms with Crippen LogP contribution < -0.4 is 0 Å². The Morgan fingerprint density at radius 3 is 2.53 bits per heavy atom. The van der Waals surface area contributed by atoms with Gasteiger partial charge in [-0.2, -0.15) is 10.4 Å². The lowest BCUT2D eigenvalue weighted by atomic mass is 10.1. The van der Waals surface area contributed by atoms with Crippen molar-refractivity contribution in [3.63, 3.8) is 0 Å². The number of aromatic nitrogens is 2. The Morgan fingerprint density at radius 2 is 1.89 bits per heavy atom. The van der Waals surface area contributed by atoms with Gasteiger partial charge in [-0.15, -0.1) is 0 Å². The van der Waals surface area contributed by atoms with E-state index >= 15 is 0 Å². The largest absolute Gasteiger partial charge is 0.249 e. The maximum atomic E-state index is 9.33. The molecule has 1 aliphatic carbocycles. The van der Waals surface area contributed by atoms with Gasteiger partial charge in [0, 0.05) is 5.56 Å². The third-order valence-corrected chi connectivity index (χ3v) is 4.04. The summed E-state index contributed by atoms with van der Waals surface area (Å²) in [6.45, 7) is 0. The molecule has 0 spiro atoms. The van der Waals surface area contributed by atoms with Gasteiger partial charge in [0.05, 0.1) is 6.04 Å². The molecule has 3 rings (SSSR count). The summed E-state index contributed by atoms with van der Waals surface area (Å²) >= 11 is 6.34. The highest BCUT2D eigenvalue weighted by molar-refractivity contribution is 6.31. The van der Waals surface area contributed by atoms with Gasteiger partial charge < -0.3 is 0 Å². The molecular weight excluding hydrogens is 258 g/mol. The summed E-state index contributed by atoms with van der Waals surface area (Å²) in [7, 11) is 0. The molecule has 1 aromatic heterocycles. The van der Waals surface area contributed by atoms with Crippen molar-refractivity contribution in [2.45, 2.75) is 31.7 Å². The molecule has 0 N–H and O–H groups in total. The third kappa shape index (κ3) is 2.13. The fraction of sp³-hybridized carbons (Fsp3) is 0.333. The fourth-order valence-electron chi connectivity index (χ4n) is 2.70. The lowest BCUT2D eigenvalue weighted by Gasteiger charge is -2.10. The van der Waals surface area contributed by atoms with Crippen LogP contribution >= 0.6 is 11.6 Å². The van der Waals surface area contributed by atoms with E-state index in [2.05, 4.69) is 11.2 Å². The van der Waals surface area contributed by atoms with E-state index in [0.717, 1.165) is 18.4 Å². The number of hydrogen-bond acceptors (Lipinski definition) is 2. The second kappa shape index (κ2) is 5.07. The van der Waals surface area contributed by atoms with E-state index in [1.165, 1.54) is 12.8 Å². The van der Waals surface area contributed by atoms with Crippen molar-refractivity contribution in [1.82, 2.24) is 9.78 Å². The SMILES string of the molecule is N#Cc1c(-c2ccccc2)nn(C2CCCC2)c1Cl. The standard InChI is InChI=1S/C15H14ClN3/c16-15-13(10-17)14(11-6-2-1-3-7-11)18-19(15)12-8-4-5-9-12/h1-3,6-7,12H,4-5,8-9H2. The van der Waals surface area contributed by atoms with Crippen LogP contribution in [0.4, 0.5) is 0 Å². The molecule has 0 amide bonds. The molecule has 0 radical (unpaired) electrons. The predicted molar refractivity (Wildman–Crippen MR) is 74.9 cm³/mol. The molecule has 0 unspecified atom stereocenters. The maximum absolute atomic E-state index is 9.33. The fourth-order valence-corrected chi connectivity index (χ4v) is 3.01. The minimum Gasteiger partial charge on any atom is -0.249 e. The van der Waals surface area contributed by atoms with E-state index in [1.54, 1.807) is 0 Å². The zero-order valence-electron chi connectivity index (χ0n) is 10.5. The van der Waals surface area contributed by atoms with Crippen LogP contribution in [-0.2, 0) is 0 Å². The second-order valence-electron chi connectivity index (χ2n) is 4.88. The first-order valence-corrected chi connectivity index (χ1v) is 6.92. The second-order valence-corrected chi connectivity index (χ2v) is 5.23. The maximum Gasteiger partial charge on any atom is 0.145 e. The molecule has 1 aromatic carbocycles. The molecule has 0 atom stereocenters. The molecule has 0 saturated heterocycles. The molecule has 1 fully saturated rings. The van der Waals surface area contributed by atoms with E-state index in [9.17, 15) is 5.26 Å². The Hall–Kier alpha value is -1.79. The molecule has 96 valence electrons. The van der Waals surface area contributed by atoms with Crippen LogP contribution in [0.5, 0.6) is 0 Å². The molecule has 4 heteroatoms. The van der Waals surface area contributed by atoms with Gasteiger partial charge in [-0.25, -0.2) is 4.68 Å². The van der Waals surface area contributed by atoms with Crippen LogP contribution in [0.25, 0.3) is 11.3 Å². The first-order chi connectivity index (χ1) is 9.31. The lowest BCUT2D eigenvalue weighted by Crippen LogP contribution is -2.06. The number of halogens is 1. The van der Waals surface area contributed by atoms with E-state index in [4.69, 9.17) is 11.6 Å². The normalized spacial score (nSPS) is 15.6. The van der Waals surface area contributed by atoms with Crippen LogP contribution in [0.15, 0.2) is 30.3 Å². The number of hydrogen-bond donors (Lipinski definition) is 0. The van der Waals surface area contributed by atoms with Gasteiger partial charge in [0.25, 0.3) is 0 Å². The number of rotatable bonds is 2. The first kappa shape index (κ1) is 12.3. The lowest BCUT2D eigenvalue weighted by molar-refractivity contribution is 0.468. The topological polar surface area (TPSA) is 41.6 Å². The Kier molecular flexibility index (Phi) is 3.27. The van der Waals surface area contributed by atoms with Crippen molar-refractivity contribution in [2.24, 2.45) is 0 Å². The van der Waals surface area contributed by atoms with Crippen molar-refractivity contribution in [3.05, 3.63) is 41.0 Å². The zero-order valence-corrected chi connectivity index (χ0v) is 11.3. The van der Waals surface area contributed by atoms with Crippen LogP contribution in [0, 0.1) is 11.3 Å². The summed E-state index contributed by atoms with van der Waals surface area (Å²) in [6.07, 6.45) is 4.62. The van der Waals surface area contributed by atoms with E-state index in [0.29, 0.717) is 22.5 Å². The van der Waals surface area contributed by atoms with Crippen LogP contribution in [0.2, 0.25) is 5.15 Å². The highest BCUT2D eigenvalue weighted by Gasteiger charge is 2.24. The zero-order chi connectivity index (χ0) is 13.2. The monoisotopic (exact) mass is 271 g/mol. The van der Waals surface area contributed by atoms with Crippen molar-refractivity contribution in [1.29, 1.82) is 5.26 Å². The van der Waals surface area contributed by atoms with Crippen molar-refractivity contribution in [2.75, 3.05) is 0 Å². The van der Waals surface area contributed by atoms with Gasteiger partial charge in [-0.05, 0) is 12.8 Å². The Labute approximate surface area is 117 Å². The van der Waals surface area contributed by atoms with Gasteiger partial charge in [0.1, 0.15) is 22.5 Å². The summed E-state index contributed by atoms with van der Waals surface area (Å²) in [4.78, 5) is 0. The molecule has 19 heavy (non-hydrogen) atoms. The quantitative estimate of drug-likeness (QED) is 0.822. The van der Waals surface area contributed by atoms with Gasteiger partial charge in [0.2, 0.25) is 0 Å². The van der Waals surface area contributed by atoms with Crippen LogP contribution in [0.1, 0.15) is 37.3 Å². The van der Waals surface area contributed by atoms with Crippen molar-refractivity contribution < 1.29 is 0 Å². The first-order valence-electron chi connectivity index (χ1n) is 6.55. The average molecular weight is 272 g/mol. The molecule has 3 nitrogen and oxygen atoms in total. The molecule has 1 aliphatic rings. The van der Waals surface area contributed by atoms with E-state index < -0.39 is 0 Å². The van der Waals surface area contributed by atoms with Crippen molar-refractivity contribution in [3.8, 4) is 17.3 Å². The molecule has 1 heterocycles. The molecular formula is C15H14ClN3. The minimum atomic E-state index is 0.345. The summed E-state index contributed by atoms with van der Waals surface area (Å²) in [5, 5.41) is 14.4. The van der Waals surface area contributed by atoms with Crippen molar-refractivity contribution >= 4 is 11.6 Å². The summed E-state index contributed by atoms with van der Waals surface area (Å²) in [6, 6.07) is 12.3. The van der Waals surface area contributed by atoms with E-state index in [-0.39, 0.29) is 0 Å². The Balaban J connectivity index is 2.10. The predicted octanol–water partition coefficient (Wildman–Crippen LogP) is 4.19. The summed E-state index contributed by atoms with van der Waals surface area (Å²) in [5.41, 5.74) is 2.12. The number of nitriles is 1. The summed E-state index contributed by atoms with van der Waals surface area (Å²) < 4.78 is 1.84. The van der Waals surface area contributed by atoms with Gasteiger partial charge in [0.15, 0.2) is 0 Å². The smallest absolute Gasteiger partial charge is 0.145 e. The van der Waals surface area contributed by atoms with E-state index in [1.807, 2.05) is 35.0 Å². The molecule has 0 aliphatic heterocycles.